The molecule has 0 fully saturated rings. The second-order valence-electron chi connectivity index (χ2n) is 7.73. The number of carboxylic acid groups (broad SMARTS) is 1. The number of pyridine rings is 1. The fourth-order valence-corrected chi connectivity index (χ4v) is 5.29. The van der Waals surface area contributed by atoms with E-state index in [2.05, 4.69) is 10.3 Å². The Labute approximate surface area is 204 Å². The Morgan fingerprint density at radius 2 is 1.85 bits per heavy atom. The van der Waals surface area contributed by atoms with E-state index in [0.29, 0.717) is 44.0 Å². The second kappa shape index (κ2) is 9.04. The number of carbonyl (C=O) groups is 2. The Bertz CT molecular complexity index is 1480. The number of aromatic carboxylic acids is 1. The number of carbonyl (C=O) groups excluding carboxylic acids is 1. The lowest BCUT2D eigenvalue weighted by Crippen LogP contribution is -2.15. The van der Waals surface area contributed by atoms with Gasteiger partial charge in [-0.15, -0.1) is 11.3 Å². The number of amides is 1. The molecule has 4 rings (SSSR count). The molecule has 0 aliphatic heterocycles. The van der Waals surface area contributed by atoms with Crippen LogP contribution in [0.15, 0.2) is 36.4 Å². The molecule has 2 aromatic carbocycles. The van der Waals surface area contributed by atoms with Gasteiger partial charge in [0.15, 0.2) is 0 Å². The first-order valence-electron chi connectivity index (χ1n) is 10.2. The number of fused-ring (bicyclic) bond motifs is 1. The smallest absolute Gasteiger partial charge is 0.336 e. The van der Waals surface area contributed by atoms with E-state index < -0.39 is 17.7 Å². The third-order valence-corrected chi connectivity index (χ3v) is 7.35. The van der Waals surface area contributed by atoms with Crippen LogP contribution in [0.25, 0.3) is 21.2 Å². The maximum atomic E-state index is 13.6. The van der Waals surface area contributed by atoms with Crippen molar-refractivity contribution in [2.24, 2.45) is 0 Å². The number of aromatic nitrogens is 1. The summed E-state index contributed by atoms with van der Waals surface area (Å²) in [4.78, 5) is 29.7. The van der Waals surface area contributed by atoms with Crippen molar-refractivity contribution in [3.05, 3.63) is 74.5 Å². The Balaban J connectivity index is 1.77. The highest BCUT2D eigenvalue weighted by Crippen LogP contribution is 2.38. The van der Waals surface area contributed by atoms with Crippen molar-refractivity contribution in [1.82, 2.24) is 4.98 Å². The van der Waals surface area contributed by atoms with Crippen molar-refractivity contribution >= 4 is 50.7 Å². The first-order valence-corrected chi connectivity index (χ1v) is 11.4. The Morgan fingerprint density at radius 3 is 2.53 bits per heavy atom. The van der Waals surface area contributed by atoms with Crippen molar-refractivity contribution in [3.8, 4) is 16.9 Å². The van der Waals surface area contributed by atoms with Crippen LogP contribution in [0, 0.1) is 26.6 Å². The zero-order chi connectivity index (χ0) is 24.7. The van der Waals surface area contributed by atoms with Crippen LogP contribution in [0.2, 0.25) is 5.02 Å². The predicted octanol–water partition coefficient (Wildman–Crippen LogP) is 6.64. The number of hydrogen-bond donors (Lipinski definition) is 2. The molecule has 1 amide bonds. The van der Waals surface area contributed by atoms with Crippen molar-refractivity contribution in [3.63, 3.8) is 0 Å². The molecule has 0 aliphatic carbocycles. The lowest BCUT2D eigenvalue weighted by Gasteiger charge is -2.18. The number of thiophene rings is 1. The van der Waals surface area contributed by atoms with Crippen molar-refractivity contribution in [2.45, 2.75) is 20.8 Å². The minimum Gasteiger partial charge on any atom is -0.497 e. The number of benzene rings is 2. The van der Waals surface area contributed by atoms with Crippen LogP contribution >= 0.6 is 22.9 Å². The summed E-state index contributed by atoms with van der Waals surface area (Å²) in [6.07, 6.45) is 0. The van der Waals surface area contributed by atoms with E-state index in [0.717, 1.165) is 16.9 Å². The zero-order valence-electron chi connectivity index (χ0n) is 18.7. The topological polar surface area (TPSA) is 88.5 Å². The molecule has 0 spiro atoms. The molecule has 4 aromatic rings. The fourth-order valence-electron chi connectivity index (χ4n) is 3.86. The SMILES string of the molecule is COc1ccc(C(=O)O)c(-c2c(C)nc(NC(=O)c3sc4cc(F)ccc4c3Cl)c(C)c2C)c1. The van der Waals surface area contributed by atoms with Gasteiger partial charge in [0, 0.05) is 26.9 Å². The molecule has 0 saturated heterocycles. The number of methoxy groups -OCH3 is 1. The standard InChI is InChI=1S/C25H20ClFN2O4S/c1-11-12(2)23(29-24(30)22-21(26)17-7-5-14(27)9-19(17)34-22)28-13(3)20(11)18-10-15(33-4)6-8-16(18)25(31)32/h5-10H,1-4H3,(H,31,32)(H,28,29,30). The summed E-state index contributed by atoms with van der Waals surface area (Å²) >= 11 is 7.49. The molecule has 0 unspecified atom stereocenters. The molecule has 0 atom stereocenters. The van der Waals surface area contributed by atoms with E-state index in [1.807, 2.05) is 6.92 Å². The van der Waals surface area contributed by atoms with E-state index in [1.165, 1.54) is 25.3 Å². The first-order chi connectivity index (χ1) is 16.1. The van der Waals surface area contributed by atoms with Gasteiger partial charge in [0.05, 0.1) is 17.7 Å². The minimum absolute atomic E-state index is 0.120. The number of nitrogens with zero attached hydrogens (tertiary/aromatic N) is 1. The molecule has 174 valence electrons. The van der Waals surface area contributed by atoms with E-state index in [4.69, 9.17) is 16.3 Å². The molecule has 0 saturated carbocycles. The molecule has 0 aliphatic rings. The highest BCUT2D eigenvalue weighted by Gasteiger charge is 2.23. The Morgan fingerprint density at radius 1 is 1.12 bits per heavy atom. The van der Waals surface area contributed by atoms with E-state index >= 15 is 0 Å². The monoisotopic (exact) mass is 498 g/mol. The summed E-state index contributed by atoms with van der Waals surface area (Å²) in [5.74, 6) is -1.08. The zero-order valence-corrected chi connectivity index (χ0v) is 20.3. The fraction of sp³-hybridized carbons (Fsp3) is 0.160. The highest BCUT2D eigenvalue weighted by atomic mass is 35.5. The molecule has 6 nitrogen and oxygen atoms in total. The number of nitrogens with one attached hydrogen (secondary N) is 1. The van der Waals surface area contributed by atoms with Crippen molar-refractivity contribution < 1.29 is 23.8 Å². The van der Waals surface area contributed by atoms with Crippen molar-refractivity contribution in [2.75, 3.05) is 12.4 Å². The van der Waals surface area contributed by atoms with Crippen LogP contribution in [0.4, 0.5) is 10.2 Å². The van der Waals surface area contributed by atoms with Gasteiger partial charge in [0.25, 0.3) is 5.91 Å². The molecule has 2 aromatic heterocycles. The van der Waals surface area contributed by atoms with Crippen LogP contribution in [0.1, 0.15) is 36.9 Å². The summed E-state index contributed by atoms with van der Waals surface area (Å²) in [5.41, 5.74) is 3.24. The molecular formula is C25H20ClFN2O4S. The number of aryl methyl sites for hydroxylation is 1. The van der Waals surface area contributed by atoms with Gasteiger partial charge in [0.2, 0.25) is 0 Å². The Hall–Kier alpha value is -3.49. The molecule has 0 radical (unpaired) electrons. The number of anilines is 1. The normalized spacial score (nSPS) is 11.0. The van der Waals surface area contributed by atoms with Gasteiger partial charge in [-0.05, 0) is 68.3 Å². The van der Waals surface area contributed by atoms with Gasteiger partial charge in [-0.25, -0.2) is 14.2 Å². The molecule has 34 heavy (non-hydrogen) atoms. The molecule has 9 heteroatoms. The summed E-state index contributed by atoms with van der Waals surface area (Å²) in [5, 5.41) is 13.3. The number of halogens is 2. The van der Waals surface area contributed by atoms with Crippen LogP contribution in [0.5, 0.6) is 5.75 Å². The van der Waals surface area contributed by atoms with Crippen molar-refractivity contribution in [1.29, 1.82) is 0 Å². The average molecular weight is 499 g/mol. The molecular weight excluding hydrogens is 479 g/mol. The third kappa shape index (κ3) is 4.10. The summed E-state index contributed by atoms with van der Waals surface area (Å²) in [7, 11) is 1.51. The van der Waals surface area contributed by atoms with Gasteiger partial charge in [-0.1, -0.05) is 11.6 Å². The molecule has 2 heterocycles. The van der Waals surface area contributed by atoms with Crippen LogP contribution in [0.3, 0.4) is 0 Å². The van der Waals surface area contributed by atoms with Crippen LogP contribution in [-0.4, -0.2) is 29.1 Å². The van der Waals surface area contributed by atoms with E-state index in [1.54, 1.807) is 32.0 Å². The third-order valence-electron chi connectivity index (χ3n) is 5.69. The van der Waals surface area contributed by atoms with Gasteiger partial charge in [-0.3, -0.25) is 4.79 Å². The lowest BCUT2D eigenvalue weighted by molar-refractivity contribution is 0.0697. The average Bonchev–Trinajstić information content (AvgIpc) is 3.12. The summed E-state index contributed by atoms with van der Waals surface area (Å²) in [6, 6.07) is 8.92. The minimum atomic E-state index is -1.07. The maximum Gasteiger partial charge on any atom is 0.336 e. The van der Waals surface area contributed by atoms with Gasteiger partial charge >= 0.3 is 5.97 Å². The highest BCUT2D eigenvalue weighted by molar-refractivity contribution is 7.21. The number of rotatable bonds is 5. The largest absolute Gasteiger partial charge is 0.497 e. The van der Waals surface area contributed by atoms with Gasteiger partial charge in [-0.2, -0.15) is 0 Å². The van der Waals surface area contributed by atoms with E-state index in [9.17, 15) is 19.1 Å². The van der Waals surface area contributed by atoms with Gasteiger partial charge < -0.3 is 15.2 Å². The predicted molar refractivity (Wildman–Crippen MR) is 132 cm³/mol. The quantitative estimate of drug-likeness (QED) is 0.322. The first kappa shape index (κ1) is 23.7. The Kier molecular flexibility index (Phi) is 6.29. The number of carboxylic acids is 1. The maximum absolute atomic E-state index is 13.6. The summed E-state index contributed by atoms with van der Waals surface area (Å²) in [6.45, 7) is 5.39. The van der Waals surface area contributed by atoms with Crippen LogP contribution < -0.4 is 10.1 Å². The molecule has 0 bridgehead atoms. The second-order valence-corrected chi connectivity index (χ2v) is 9.16. The lowest BCUT2D eigenvalue weighted by atomic mass is 9.92. The van der Waals surface area contributed by atoms with Gasteiger partial charge in [0.1, 0.15) is 22.3 Å². The molecule has 2 N–H and O–H groups in total. The number of hydrogen-bond acceptors (Lipinski definition) is 5. The summed E-state index contributed by atoms with van der Waals surface area (Å²) < 4.78 is 19.4. The van der Waals surface area contributed by atoms with E-state index in [-0.39, 0.29) is 15.5 Å². The number of ether oxygens (including phenoxy) is 1. The van der Waals surface area contributed by atoms with Crippen LogP contribution in [-0.2, 0) is 0 Å².